The Morgan fingerprint density at radius 3 is 2.62 bits per heavy atom. The number of likely N-dealkylation sites (N-methyl/N-ethyl adjacent to an activating group) is 1. The summed E-state index contributed by atoms with van der Waals surface area (Å²) in [7, 11) is 3.88. The molecule has 0 radical (unpaired) electrons. The minimum absolute atomic E-state index is 0.0913. The highest BCUT2D eigenvalue weighted by atomic mass is 19.1. The number of anilines is 2. The van der Waals surface area contributed by atoms with Gasteiger partial charge < -0.3 is 19.4 Å². The van der Waals surface area contributed by atoms with Gasteiger partial charge in [0.05, 0.1) is 11.7 Å². The molecule has 1 unspecified atom stereocenters. The lowest BCUT2D eigenvalue weighted by Gasteiger charge is -2.43. The number of hydrogen-bond acceptors (Lipinski definition) is 5. The summed E-state index contributed by atoms with van der Waals surface area (Å²) in [6.07, 6.45) is 4.03. The normalized spacial score (nSPS) is 26.0. The van der Waals surface area contributed by atoms with Gasteiger partial charge >= 0.3 is 0 Å². The van der Waals surface area contributed by atoms with Crippen LogP contribution in [0.3, 0.4) is 0 Å². The van der Waals surface area contributed by atoms with Crippen LogP contribution in [0, 0.1) is 5.82 Å². The van der Waals surface area contributed by atoms with E-state index in [1.165, 1.54) is 0 Å². The van der Waals surface area contributed by atoms with Crippen molar-refractivity contribution >= 4 is 17.6 Å². The Labute approximate surface area is 154 Å². The second-order valence-electron chi connectivity index (χ2n) is 7.57. The molecule has 0 N–H and O–H groups in total. The lowest BCUT2D eigenvalue weighted by molar-refractivity contribution is 0.271. The lowest BCUT2D eigenvalue weighted by atomic mass is 9.87. The molecule has 0 saturated carbocycles. The average molecular weight is 358 g/mol. The van der Waals surface area contributed by atoms with Crippen LogP contribution in [-0.2, 0) is 0 Å². The standard InChI is InChI=1S/C20H27FN4O/c1-13-12-26-20-18-16(14(2)15(10-22-3)11-25(13)18)9-17(21)19(20)24-7-5-23(4)6-8-24/h9-11,13-14H,5-8,12H2,1-4H3/b22-10+/t13-,14?/m0/s1. The molecule has 5 nitrogen and oxygen atoms in total. The fourth-order valence-corrected chi connectivity index (χ4v) is 4.13. The number of hydrogen-bond donors (Lipinski definition) is 0. The maximum Gasteiger partial charge on any atom is 0.169 e. The molecule has 26 heavy (non-hydrogen) atoms. The third-order valence-corrected chi connectivity index (χ3v) is 5.77. The Kier molecular flexibility index (Phi) is 4.39. The van der Waals surface area contributed by atoms with Crippen LogP contribution in [0.15, 0.2) is 22.8 Å². The summed E-state index contributed by atoms with van der Waals surface area (Å²) in [6.45, 7) is 8.30. The number of ether oxygens (including phenoxy) is 1. The van der Waals surface area contributed by atoms with Crippen molar-refractivity contribution in [1.29, 1.82) is 0 Å². The van der Waals surface area contributed by atoms with Crippen molar-refractivity contribution < 1.29 is 9.13 Å². The van der Waals surface area contributed by atoms with Gasteiger partial charge in [0.2, 0.25) is 0 Å². The molecule has 3 aliphatic heterocycles. The first kappa shape index (κ1) is 17.3. The SMILES string of the molecule is C/N=C/C1=CN2c3c(cc(F)c(N4CCN(C)CC4)c3OC[C@@H]2C)C1C. The van der Waals surface area contributed by atoms with E-state index in [9.17, 15) is 0 Å². The molecule has 2 atom stereocenters. The average Bonchev–Trinajstić information content (AvgIpc) is 2.62. The number of nitrogens with zero attached hydrogens (tertiary/aromatic N) is 4. The van der Waals surface area contributed by atoms with Gasteiger partial charge in [-0.05, 0) is 31.2 Å². The Balaban J connectivity index is 1.84. The molecule has 0 amide bonds. The van der Waals surface area contributed by atoms with Crippen molar-refractivity contribution in [3.05, 3.63) is 29.2 Å². The van der Waals surface area contributed by atoms with Crippen LogP contribution in [0.1, 0.15) is 25.3 Å². The van der Waals surface area contributed by atoms with Gasteiger partial charge in [-0.1, -0.05) is 6.92 Å². The van der Waals surface area contributed by atoms with Crippen molar-refractivity contribution in [2.45, 2.75) is 25.8 Å². The van der Waals surface area contributed by atoms with Gasteiger partial charge in [0.15, 0.2) is 11.6 Å². The summed E-state index contributed by atoms with van der Waals surface area (Å²) in [6, 6.07) is 1.92. The van der Waals surface area contributed by atoms with E-state index in [1.54, 1.807) is 13.1 Å². The molecule has 3 heterocycles. The highest BCUT2D eigenvalue weighted by Gasteiger charge is 2.37. The van der Waals surface area contributed by atoms with Crippen LogP contribution < -0.4 is 14.5 Å². The molecule has 1 saturated heterocycles. The maximum atomic E-state index is 15.2. The fraction of sp³-hybridized carbons (Fsp3) is 0.550. The van der Waals surface area contributed by atoms with E-state index in [4.69, 9.17) is 4.74 Å². The van der Waals surface area contributed by atoms with Crippen molar-refractivity contribution in [2.75, 3.05) is 56.7 Å². The Morgan fingerprint density at radius 2 is 1.92 bits per heavy atom. The number of benzene rings is 1. The molecule has 140 valence electrons. The van der Waals surface area contributed by atoms with Crippen LogP contribution in [-0.4, -0.2) is 64.0 Å². The minimum atomic E-state index is -0.181. The Bertz CT molecular complexity index is 768. The quantitative estimate of drug-likeness (QED) is 0.761. The smallest absolute Gasteiger partial charge is 0.169 e. The second-order valence-corrected chi connectivity index (χ2v) is 7.57. The van der Waals surface area contributed by atoms with Gasteiger partial charge in [0, 0.05) is 51.6 Å². The molecular formula is C20H27FN4O. The van der Waals surface area contributed by atoms with E-state index in [0.29, 0.717) is 18.0 Å². The lowest BCUT2D eigenvalue weighted by Crippen LogP contribution is -2.46. The number of rotatable bonds is 2. The highest BCUT2D eigenvalue weighted by molar-refractivity contribution is 5.88. The van der Waals surface area contributed by atoms with Gasteiger partial charge in [0.1, 0.15) is 12.3 Å². The van der Waals surface area contributed by atoms with Crippen LogP contribution in [0.2, 0.25) is 0 Å². The molecule has 3 aliphatic rings. The first-order valence-corrected chi connectivity index (χ1v) is 9.36. The van der Waals surface area contributed by atoms with Crippen molar-refractivity contribution in [1.82, 2.24) is 4.90 Å². The molecule has 1 aromatic carbocycles. The predicted molar refractivity (Wildman–Crippen MR) is 104 cm³/mol. The third kappa shape index (κ3) is 2.67. The van der Waals surface area contributed by atoms with Crippen molar-refractivity contribution in [2.24, 2.45) is 4.99 Å². The number of allylic oxidation sites excluding steroid dienone is 1. The molecule has 1 fully saturated rings. The monoisotopic (exact) mass is 358 g/mol. The largest absolute Gasteiger partial charge is 0.487 e. The van der Waals surface area contributed by atoms with E-state index in [0.717, 1.165) is 43.0 Å². The molecule has 0 spiro atoms. The van der Waals surface area contributed by atoms with Gasteiger partial charge in [0.25, 0.3) is 0 Å². The molecule has 1 aromatic rings. The molecular weight excluding hydrogens is 331 g/mol. The van der Waals surface area contributed by atoms with E-state index < -0.39 is 0 Å². The van der Waals surface area contributed by atoms with Gasteiger partial charge in [-0.25, -0.2) is 4.39 Å². The van der Waals surface area contributed by atoms with Crippen molar-refractivity contribution in [3.8, 4) is 5.75 Å². The third-order valence-electron chi connectivity index (χ3n) is 5.77. The molecule has 6 heteroatoms. The number of aliphatic imine (C=N–C) groups is 1. The highest BCUT2D eigenvalue weighted by Crippen LogP contribution is 2.51. The van der Waals surface area contributed by atoms with E-state index in [1.807, 2.05) is 6.21 Å². The predicted octanol–water partition coefficient (Wildman–Crippen LogP) is 2.87. The number of halogens is 1. The summed E-state index contributed by atoms with van der Waals surface area (Å²) in [5.74, 6) is 0.617. The number of piperazine rings is 1. The summed E-state index contributed by atoms with van der Waals surface area (Å²) < 4.78 is 21.4. The van der Waals surface area contributed by atoms with Crippen LogP contribution in [0.25, 0.3) is 0 Å². The first-order chi connectivity index (χ1) is 12.5. The summed E-state index contributed by atoms with van der Waals surface area (Å²) in [5, 5.41) is 0. The Morgan fingerprint density at radius 1 is 1.19 bits per heavy atom. The zero-order chi connectivity index (χ0) is 18.4. The zero-order valence-corrected chi connectivity index (χ0v) is 16.0. The molecule has 0 bridgehead atoms. The topological polar surface area (TPSA) is 31.3 Å². The van der Waals surface area contributed by atoms with Gasteiger partial charge in [-0.2, -0.15) is 0 Å². The van der Waals surface area contributed by atoms with Crippen molar-refractivity contribution in [3.63, 3.8) is 0 Å². The zero-order valence-electron chi connectivity index (χ0n) is 16.0. The molecule has 0 aromatic heterocycles. The van der Waals surface area contributed by atoms with Gasteiger partial charge in [-0.3, -0.25) is 4.99 Å². The van der Waals surface area contributed by atoms with Gasteiger partial charge in [-0.15, -0.1) is 0 Å². The summed E-state index contributed by atoms with van der Waals surface area (Å²) in [4.78, 5) is 10.8. The summed E-state index contributed by atoms with van der Waals surface area (Å²) >= 11 is 0. The molecule has 0 aliphatic carbocycles. The Hall–Kier alpha value is -2.08. The first-order valence-electron chi connectivity index (χ1n) is 9.36. The fourth-order valence-electron chi connectivity index (χ4n) is 4.13. The van der Waals surface area contributed by atoms with Crippen LogP contribution in [0.4, 0.5) is 15.8 Å². The summed E-state index contributed by atoms with van der Waals surface area (Å²) in [5.41, 5.74) is 3.74. The second kappa shape index (κ2) is 6.58. The maximum absolute atomic E-state index is 15.2. The van der Waals surface area contributed by atoms with E-state index >= 15 is 4.39 Å². The van der Waals surface area contributed by atoms with E-state index in [2.05, 4.69) is 46.8 Å². The minimum Gasteiger partial charge on any atom is -0.487 e. The van der Waals surface area contributed by atoms with Crippen LogP contribution >= 0.6 is 0 Å². The van der Waals surface area contributed by atoms with Crippen LogP contribution in [0.5, 0.6) is 5.75 Å². The molecule has 4 rings (SSSR count). The van der Waals surface area contributed by atoms with E-state index in [-0.39, 0.29) is 17.8 Å².